The van der Waals surface area contributed by atoms with Crippen LogP contribution in [0.4, 0.5) is 0 Å². The van der Waals surface area contributed by atoms with E-state index in [0.717, 1.165) is 23.3 Å². The van der Waals surface area contributed by atoms with Gasteiger partial charge in [0.05, 0.1) is 5.69 Å². The number of pyridine rings is 1. The zero-order chi connectivity index (χ0) is 20.0. The van der Waals surface area contributed by atoms with Crippen LogP contribution in [0.5, 0.6) is 0 Å². The van der Waals surface area contributed by atoms with Crippen molar-refractivity contribution in [3.8, 4) is 10.4 Å². The van der Waals surface area contributed by atoms with E-state index in [1.165, 1.54) is 38.5 Å². The summed E-state index contributed by atoms with van der Waals surface area (Å²) in [6, 6.07) is 15.3. The van der Waals surface area contributed by atoms with E-state index in [2.05, 4.69) is 17.1 Å². The normalized spacial score (nSPS) is 12.4. The Kier molecular flexibility index (Phi) is 4.28. The molecule has 3 aromatic heterocycles. The number of aromatic nitrogens is 2. The Morgan fingerprint density at radius 3 is 2.86 bits per heavy atom. The van der Waals surface area contributed by atoms with E-state index in [1.807, 2.05) is 31.2 Å². The van der Waals surface area contributed by atoms with E-state index in [9.17, 15) is 9.59 Å². The highest BCUT2D eigenvalue weighted by molar-refractivity contribution is 7.17. The van der Waals surface area contributed by atoms with Gasteiger partial charge in [-0.25, -0.2) is 9.78 Å². The first kappa shape index (κ1) is 17.8. The van der Waals surface area contributed by atoms with Crippen molar-refractivity contribution < 1.29 is 9.53 Å². The Balaban J connectivity index is 1.37. The number of rotatable bonds is 3. The maximum atomic E-state index is 12.6. The van der Waals surface area contributed by atoms with Gasteiger partial charge in [-0.1, -0.05) is 30.3 Å². The molecule has 29 heavy (non-hydrogen) atoms. The average molecular weight is 402 g/mol. The zero-order valence-electron chi connectivity index (χ0n) is 15.8. The first-order valence-corrected chi connectivity index (χ1v) is 10.3. The third kappa shape index (κ3) is 3.25. The number of benzene rings is 1. The number of hydrogen-bond acceptors (Lipinski definition) is 5. The SMILES string of the molecule is Cc1ccc2nc(COC(=O)c3cc4c(s3)-c3ccccc3CC4)cc(=O)n2c1. The van der Waals surface area contributed by atoms with Crippen LogP contribution in [0.1, 0.15) is 32.1 Å². The van der Waals surface area contributed by atoms with Gasteiger partial charge in [-0.15, -0.1) is 11.3 Å². The smallest absolute Gasteiger partial charge is 0.348 e. The van der Waals surface area contributed by atoms with Crippen LogP contribution in [0.3, 0.4) is 0 Å². The maximum Gasteiger partial charge on any atom is 0.348 e. The molecule has 1 aromatic carbocycles. The molecule has 5 rings (SSSR count). The highest BCUT2D eigenvalue weighted by atomic mass is 32.1. The minimum atomic E-state index is -0.382. The lowest BCUT2D eigenvalue weighted by Gasteiger charge is -2.15. The summed E-state index contributed by atoms with van der Waals surface area (Å²) in [7, 11) is 0. The van der Waals surface area contributed by atoms with E-state index >= 15 is 0 Å². The predicted molar refractivity (Wildman–Crippen MR) is 112 cm³/mol. The van der Waals surface area contributed by atoms with Crippen LogP contribution in [-0.2, 0) is 24.2 Å². The molecule has 0 spiro atoms. The summed E-state index contributed by atoms with van der Waals surface area (Å²) in [5, 5.41) is 0. The van der Waals surface area contributed by atoms with Gasteiger partial charge in [-0.2, -0.15) is 0 Å². The quantitative estimate of drug-likeness (QED) is 0.482. The van der Waals surface area contributed by atoms with Crippen LogP contribution >= 0.6 is 11.3 Å². The number of carbonyl (C=O) groups excluding carboxylic acids is 1. The van der Waals surface area contributed by atoms with Crippen LogP contribution in [0.15, 0.2) is 59.5 Å². The van der Waals surface area contributed by atoms with Crippen LogP contribution in [0.25, 0.3) is 16.1 Å². The molecule has 0 fully saturated rings. The number of nitrogens with zero attached hydrogens (tertiary/aromatic N) is 2. The molecule has 3 heterocycles. The van der Waals surface area contributed by atoms with Crippen LogP contribution in [0, 0.1) is 6.92 Å². The highest BCUT2D eigenvalue weighted by Crippen LogP contribution is 2.39. The van der Waals surface area contributed by atoms with Gasteiger partial charge in [-0.05, 0) is 54.2 Å². The van der Waals surface area contributed by atoms with Crippen molar-refractivity contribution in [1.29, 1.82) is 0 Å². The summed E-state index contributed by atoms with van der Waals surface area (Å²) in [5.74, 6) is -0.382. The number of esters is 1. The fourth-order valence-electron chi connectivity index (χ4n) is 3.71. The van der Waals surface area contributed by atoms with Gasteiger partial charge in [0.1, 0.15) is 17.1 Å². The lowest BCUT2D eigenvalue weighted by molar-refractivity contribution is 0.0473. The molecular weight excluding hydrogens is 384 g/mol. The van der Waals surface area contributed by atoms with E-state index in [1.54, 1.807) is 12.3 Å². The van der Waals surface area contributed by atoms with Crippen molar-refractivity contribution in [1.82, 2.24) is 9.38 Å². The number of aryl methyl sites for hydroxylation is 3. The Hall–Kier alpha value is -3.25. The molecule has 0 unspecified atom stereocenters. The topological polar surface area (TPSA) is 60.7 Å². The number of hydrogen-bond donors (Lipinski definition) is 0. The summed E-state index contributed by atoms with van der Waals surface area (Å²) in [5.41, 5.74) is 5.49. The lowest BCUT2D eigenvalue weighted by atomic mass is 9.91. The Morgan fingerprint density at radius 2 is 1.97 bits per heavy atom. The molecule has 4 aromatic rings. The molecule has 0 aliphatic heterocycles. The second-order valence-electron chi connectivity index (χ2n) is 7.22. The first-order chi connectivity index (χ1) is 14.1. The van der Waals surface area contributed by atoms with E-state index in [-0.39, 0.29) is 18.1 Å². The second kappa shape index (κ2) is 6.97. The van der Waals surface area contributed by atoms with E-state index in [0.29, 0.717) is 16.2 Å². The Bertz CT molecular complexity index is 1320. The van der Waals surface area contributed by atoms with Crippen molar-refractivity contribution in [3.05, 3.63) is 92.3 Å². The van der Waals surface area contributed by atoms with Crippen LogP contribution < -0.4 is 5.56 Å². The minimum Gasteiger partial charge on any atom is -0.455 e. The summed E-state index contributed by atoms with van der Waals surface area (Å²) in [4.78, 5) is 31.1. The number of carbonyl (C=O) groups is 1. The van der Waals surface area contributed by atoms with Gasteiger partial charge < -0.3 is 4.74 Å². The van der Waals surface area contributed by atoms with E-state index < -0.39 is 0 Å². The Morgan fingerprint density at radius 1 is 1.14 bits per heavy atom. The summed E-state index contributed by atoms with van der Waals surface area (Å²) < 4.78 is 6.96. The Labute approximate surface area is 171 Å². The van der Waals surface area contributed by atoms with Gasteiger partial charge in [0.15, 0.2) is 0 Å². The molecular formula is C23H18N2O3S. The molecule has 0 saturated heterocycles. The molecule has 1 aliphatic carbocycles. The van der Waals surface area contributed by atoms with Crippen LogP contribution in [-0.4, -0.2) is 15.4 Å². The number of ether oxygens (including phenoxy) is 1. The molecule has 0 amide bonds. The van der Waals surface area contributed by atoms with Crippen molar-refractivity contribution in [2.24, 2.45) is 0 Å². The number of fused-ring (bicyclic) bond motifs is 4. The van der Waals surface area contributed by atoms with Crippen molar-refractivity contribution >= 4 is 23.0 Å². The highest BCUT2D eigenvalue weighted by Gasteiger charge is 2.22. The molecule has 0 saturated carbocycles. The minimum absolute atomic E-state index is 0.0302. The third-order valence-corrected chi connectivity index (χ3v) is 6.34. The molecule has 0 radical (unpaired) electrons. The summed E-state index contributed by atoms with van der Waals surface area (Å²) >= 11 is 1.47. The van der Waals surface area contributed by atoms with Crippen molar-refractivity contribution in [2.75, 3.05) is 0 Å². The molecule has 6 heteroatoms. The van der Waals surface area contributed by atoms with Gasteiger partial charge >= 0.3 is 5.97 Å². The summed E-state index contributed by atoms with van der Waals surface area (Å²) in [6.45, 7) is 1.89. The van der Waals surface area contributed by atoms with E-state index in [4.69, 9.17) is 4.74 Å². The second-order valence-corrected chi connectivity index (χ2v) is 8.27. The van der Waals surface area contributed by atoms with Gasteiger partial charge in [-0.3, -0.25) is 9.20 Å². The predicted octanol–water partition coefficient (Wildman–Crippen LogP) is 4.19. The van der Waals surface area contributed by atoms with Gasteiger partial charge in [0, 0.05) is 17.1 Å². The van der Waals surface area contributed by atoms with Gasteiger partial charge in [0.25, 0.3) is 5.56 Å². The fraction of sp³-hybridized carbons (Fsp3) is 0.174. The monoisotopic (exact) mass is 402 g/mol. The molecule has 5 nitrogen and oxygen atoms in total. The largest absolute Gasteiger partial charge is 0.455 e. The zero-order valence-corrected chi connectivity index (χ0v) is 16.7. The number of thiophene rings is 1. The molecule has 0 N–H and O–H groups in total. The molecule has 0 atom stereocenters. The van der Waals surface area contributed by atoms with Crippen molar-refractivity contribution in [2.45, 2.75) is 26.4 Å². The average Bonchev–Trinajstić information content (AvgIpc) is 3.17. The molecule has 144 valence electrons. The standard InChI is InChI=1S/C23H18N2O3S/c1-14-6-9-20-24-17(11-21(26)25(20)12-14)13-28-23(27)19-10-16-8-7-15-4-2-3-5-18(15)22(16)29-19/h2-6,9-12H,7-8,13H2,1H3. The van der Waals surface area contributed by atoms with Crippen LogP contribution in [0.2, 0.25) is 0 Å². The van der Waals surface area contributed by atoms with Crippen molar-refractivity contribution in [3.63, 3.8) is 0 Å². The lowest BCUT2D eigenvalue weighted by Crippen LogP contribution is -2.16. The van der Waals surface area contributed by atoms with Gasteiger partial charge in [0.2, 0.25) is 0 Å². The molecule has 1 aliphatic rings. The fourth-order valence-corrected chi connectivity index (χ4v) is 4.88. The third-order valence-electron chi connectivity index (χ3n) is 5.15. The summed E-state index contributed by atoms with van der Waals surface area (Å²) in [6.07, 6.45) is 3.66. The maximum absolute atomic E-state index is 12.6. The first-order valence-electron chi connectivity index (χ1n) is 9.45. The molecule has 0 bridgehead atoms.